The van der Waals surface area contributed by atoms with Gasteiger partial charge in [-0.15, -0.1) is 0 Å². The number of anilines is 1. The summed E-state index contributed by atoms with van der Waals surface area (Å²) in [5, 5.41) is 7.56. The SMILES string of the molecule is Cc1nonc1COC(=O)c1cc(N)c(Cl)c(Cl)c1. The van der Waals surface area contributed by atoms with Crippen molar-refractivity contribution >= 4 is 34.9 Å². The number of aryl methyl sites for hydroxylation is 1. The number of carbonyl (C=O) groups excluding carboxylic acids is 1. The van der Waals surface area contributed by atoms with Crippen molar-refractivity contribution in [1.29, 1.82) is 0 Å². The van der Waals surface area contributed by atoms with Crippen LogP contribution in [0.25, 0.3) is 0 Å². The van der Waals surface area contributed by atoms with Crippen molar-refractivity contribution in [2.45, 2.75) is 13.5 Å². The van der Waals surface area contributed by atoms with Crippen molar-refractivity contribution < 1.29 is 14.2 Å². The lowest BCUT2D eigenvalue weighted by molar-refractivity contribution is 0.0463. The lowest BCUT2D eigenvalue weighted by Crippen LogP contribution is -2.07. The van der Waals surface area contributed by atoms with Gasteiger partial charge in [0.05, 0.1) is 21.3 Å². The number of ether oxygens (including phenoxy) is 1. The van der Waals surface area contributed by atoms with Crippen LogP contribution in [-0.4, -0.2) is 16.3 Å². The Morgan fingerprint density at radius 2 is 2.16 bits per heavy atom. The van der Waals surface area contributed by atoms with E-state index in [1.165, 1.54) is 12.1 Å². The minimum Gasteiger partial charge on any atom is -0.455 e. The van der Waals surface area contributed by atoms with Gasteiger partial charge in [0.1, 0.15) is 18.0 Å². The van der Waals surface area contributed by atoms with E-state index in [-0.39, 0.29) is 27.9 Å². The Hall–Kier alpha value is -1.79. The number of carbonyl (C=O) groups is 1. The number of aromatic nitrogens is 2. The summed E-state index contributed by atoms with van der Waals surface area (Å²) in [6.07, 6.45) is 0. The fraction of sp³-hybridized carbons (Fsp3) is 0.182. The molecule has 0 aliphatic heterocycles. The molecule has 0 aliphatic rings. The van der Waals surface area contributed by atoms with Crippen LogP contribution in [0.5, 0.6) is 0 Å². The Balaban J connectivity index is 2.10. The molecule has 2 rings (SSSR count). The number of nitrogen functional groups attached to an aromatic ring is 1. The first kappa shape index (κ1) is 13.6. The Morgan fingerprint density at radius 3 is 2.74 bits per heavy atom. The summed E-state index contributed by atoms with van der Waals surface area (Å²) >= 11 is 11.6. The Morgan fingerprint density at radius 1 is 1.42 bits per heavy atom. The predicted octanol–water partition coefficient (Wildman–Crippen LogP) is 2.62. The van der Waals surface area contributed by atoms with Crippen LogP contribution in [0.15, 0.2) is 16.8 Å². The largest absolute Gasteiger partial charge is 0.455 e. The highest BCUT2D eigenvalue weighted by Gasteiger charge is 2.14. The van der Waals surface area contributed by atoms with Crippen LogP contribution >= 0.6 is 23.2 Å². The maximum Gasteiger partial charge on any atom is 0.338 e. The lowest BCUT2D eigenvalue weighted by Gasteiger charge is -2.06. The molecule has 0 unspecified atom stereocenters. The van der Waals surface area contributed by atoms with E-state index < -0.39 is 5.97 Å². The molecule has 19 heavy (non-hydrogen) atoms. The minimum atomic E-state index is -0.590. The molecule has 0 saturated carbocycles. The number of hydrogen-bond acceptors (Lipinski definition) is 6. The van der Waals surface area contributed by atoms with Crippen LogP contribution < -0.4 is 5.73 Å². The zero-order valence-electron chi connectivity index (χ0n) is 9.81. The summed E-state index contributed by atoms with van der Waals surface area (Å²) in [5.74, 6) is -0.590. The molecule has 1 aromatic carbocycles. The van der Waals surface area contributed by atoms with Gasteiger partial charge in [-0.2, -0.15) is 0 Å². The number of esters is 1. The molecule has 2 aromatic rings. The molecule has 0 fully saturated rings. The van der Waals surface area contributed by atoms with E-state index in [1.54, 1.807) is 6.92 Å². The first-order chi connectivity index (χ1) is 8.99. The average molecular weight is 302 g/mol. The molecule has 1 heterocycles. The number of nitrogens with zero attached hydrogens (tertiary/aromatic N) is 2. The van der Waals surface area contributed by atoms with Crippen LogP contribution in [0.1, 0.15) is 21.7 Å². The number of rotatable bonds is 3. The van der Waals surface area contributed by atoms with Crippen LogP contribution in [0.2, 0.25) is 10.0 Å². The van der Waals surface area contributed by atoms with Crippen LogP contribution in [0, 0.1) is 6.92 Å². The summed E-state index contributed by atoms with van der Waals surface area (Å²) in [5.41, 5.74) is 7.03. The van der Waals surface area contributed by atoms with Crippen molar-refractivity contribution in [2.75, 3.05) is 5.73 Å². The van der Waals surface area contributed by atoms with Gasteiger partial charge >= 0.3 is 5.97 Å². The zero-order chi connectivity index (χ0) is 14.0. The van der Waals surface area contributed by atoms with E-state index in [2.05, 4.69) is 14.9 Å². The van der Waals surface area contributed by atoms with E-state index in [0.29, 0.717) is 11.4 Å². The molecule has 1 aromatic heterocycles. The predicted molar refractivity (Wildman–Crippen MR) is 69.0 cm³/mol. The monoisotopic (exact) mass is 301 g/mol. The van der Waals surface area contributed by atoms with Crippen molar-refractivity contribution in [2.24, 2.45) is 0 Å². The third kappa shape index (κ3) is 2.97. The number of benzene rings is 1. The second-order valence-electron chi connectivity index (χ2n) is 3.73. The summed E-state index contributed by atoms with van der Waals surface area (Å²) in [6, 6.07) is 2.78. The molecule has 0 radical (unpaired) electrons. The molecular formula is C11H9Cl2N3O3. The fourth-order valence-corrected chi connectivity index (χ4v) is 1.66. The van der Waals surface area contributed by atoms with Crippen molar-refractivity contribution in [3.05, 3.63) is 39.1 Å². The van der Waals surface area contributed by atoms with Gasteiger partial charge in [-0.05, 0) is 19.1 Å². The molecule has 6 nitrogen and oxygen atoms in total. The number of halogens is 2. The standard InChI is InChI=1S/C11H9Cl2N3O3/c1-5-9(16-19-15-5)4-18-11(17)6-2-7(12)10(13)8(14)3-6/h2-3H,4,14H2,1H3. The lowest BCUT2D eigenvalue weighted by atomic mass is 10.2. The van der Waals surface area contributed by atoms with Crippen LogP contribution in [0.4, 0.5) is 5.69 Å². The van der Waals surface area contributed by atoms with Crippen LogP contribution in [0.3, 0.4) is 0 Å². The molecule has 0 bridgehead atoms. The Bertz CT molecular complexity index is 604. The second-order valence-corrected chi connectivity index (χ2v) is 4.52. The first-order valence-corrected chi connectivity index (χ1v) is 5.94. The van der Waals surface area contributed by atoms with E-state index in [9.17, 15) is 4.79 Å². The Labute approximate surface area is 118 Å². The highest BCUT2D eigenvalue weighted by Crippen LogP contribution is 2.29. The third-order valence-corrected chi connectivity index (χ3v) is 3.20. The maximum absolute atomic E-state index is 11.8. The van der Waals surface area contributed by atoms with Crippen LogP contribution in [-0.2, 0) is 11.3 Å². The van der Waals surface area contributed by atoms with E-state index in [0.717, 1.165) is 0 Å². The van der Waals surface area contributed by atoms with E-state index in [1.807, 2.05) is 0 Å². The average Bonchev–Trinajstić information content (AvgIpc) is 2.78. The first-order valence-electron chi connectivity index (χ1n) is 5.18. The van der Waals surface area contributed by atoms with Gasteiger partial charge < -0.3 is 10.5 Å². The van der Waals surface area contributed by atoms with Gasteiger partial charge in [-0.3, -0.25) is 0 Å². The highest BCUT2D eigenvalue weighted by molar-refractivity contribution is 6.43. The Kier molecular flexibility index (Phi) is 3.92. The minimum absolute atomic E-state index is 0.0473. The van der Waals surface area contributed by atoms with Crippen molar-refractivity contribution in [1.82, 2.24) is 10.3 Å². The fourth-order valence-electron chi connectivity index (χ4n) is 1.33. The molecule has 0 spiro atoms. The smallest absolute Gasteiger partial charge is 0.338 e. The molecule has 0 aliphatic carbocycles. The summed E-state index contributed by atoms with van der Waals surface area (Å²) < 4.78 is 9.53. The van der Waals surface area contributed by atoms with Gasteiger partial charge in [0, 0.05) is 0 Å². The summed E-state index contributed by atoms with van der Waals surface area (Å²) in [7, 11) is 0. The quantitative estimate of drug-likeness (QED) is 0.692. The summed E-state index contributed by atoms with van der Waals surface area (Å²) in [4.78, 5) is 11.8. The molecule has 2 N–H and O–H groups in total. The third-order valence-electron chi connectivity index (χ3n) is 2.38. The van der Waals surface area contributed by atoms with Gasteiger partial charge in [-0.1, -0.05) is 33.5 Å². The van der Waals surface area contributed by atoms with E-state index in [4.69, 9.17) is 33.7 Å². The van der Waals surface area contributed by atoms with Gasteiger partial charge in [0.25, 0.3) is 0 Å². The molecule has 0 amide bonds. The molecule has 0 saturated heterocycles. The second kappa shape index (κ2) is 5.46. The molecular weight excluding hydrogens is 293 g/mol. The van der Waals surface area contributed by atoms with Crippen molar-refractivity contribution in [3.8, 4) is 0 Å². The molecule has 0 atom stereocenters. The highest BCUT2D eigenvalue weighted by atomic mass is 35.5. The van der Waals surface area contributed by atoms with E-state index >= 15 is 0 Å². The zero-order valence-corrected chi connectivity index (χ0v) is 11.3. The summed E-state index contributed by atoms with van der Waals surface area (Å²) in [6.45, 7) is 1.64. The molecule has 8 heteroatoms. The number of nitrogens with two attached hydrogens (primary N) is 1. The van der Waals surface area contributed by atoms with Crippen molar-refractivity contribution in [3.63, 3.8) is 0 Å². The van der Waals surface area contributed by atoms with Gasteiger partial charge in [-0.25, -0.2) is 9.42 Å². The topological polar surface area (TPSA) is 91.2 Å². The van der Waals surface area contributed by atoms with Gasteiger partial charge in [0.15, 0.2) is 0 Å². The maximum atomic E-state index is 11.8. The van der Waals surface area contributed by atoms with Gasteiger partial charge in [0.2, 0.25) is 0 Å². The molecule has 100 valence electrons. The number of hydrogen-bond donors (Lipinski definition) is 1. The normalized spacial score (nSPS) is 10.5.